The molecule has 1 unspecified atom stereocenters. The van der Waals surface area contributed by atoms with E-state index in [0.29, 0.717) is 29.4 Å². The number of aryl methyl sites for hydroxylation is 1. The molecule has 0 aliphatic carbocycles. The third kappa shape index (κ3) is 5.28. The van der Waals surface area contributed by atoms with Crippen LogP contribution < -0.4 is 25.2 Å². The molecule has 3 N–H and O–H groups in total. The summed E-state index contributed by atoms with van der Waals surface area (Å²) in [6.07, 6.45) is -0.219. The van der Waals surface area contributed by atoms with Gasteiger partial charge in [-0.3, -0.25) is 4.79 Å². The van der Waals surface area contributed by atoms with Crippen molar-refractivity contribution < 1.29 is 33.3 Å². The van der Waals surface area contributed by atoms with Crippen LogP contribution in [0.3, 0.4) is 0 Å². The maximum Gasteiger partial charge on any atom is 0.343 e. The van der Waals surface area contributed by atoms with Crippen LogP contribution in [0.15, 0.2) is 45.6 Å². The summed E-state index contributed by atoms with van der Waals surface area (Å²) < 4.78 is 26.9. The fourth-order valence-electron chi connectivity index (χ4n) is 4.44. The number of carbonyl (C=O) groups excluding carboxylic acids is 1. The lowest BCUT2D eigenvalue weighted by molar-refractivity contribution is -0.116. The van der Waals surface area contributed by atoms with Crippen molar-refractivity contribution in [3.63, 3.8) is 0 Å². The lowest BCUT2D eigenvalue weighted by Gasteiger charge is -2.22. The Hall–Kier alpha value is -4.51. The monoisotopic (exact) mass is 523 g/mol. The number of hydrogen-bond donors (Lipinski definition) is 3. The molecule has 0 aliphatic rings. The smallest absolute Gasteiger partial charge is 0.343 e. The zero-order valence-corrected chi connectivity index (χ0v) is 21.7. The average molecular weight is 524 g/mol. The molecule has 1 atom stereocenters. The molecule has 0 spiro atoms. The lowest BCUT2D eigenvalue weighted by atomic mass is 9.87. The molecule has 4 rings (SSSR count). The van der Waals surface area contributed by atoms with E-state index in [1.807, 2.05) is 0 Å². The second-order valence-corrected chi connectivity index (χ2v) is 8.52. The van der Waals surface area contributed by atoms with Gasteiger partial charge in [-0.05, 0) is 31.2 Å². The molecule has 0 radical (unpaired) electrons. The van der Waals surface area contributed by atoms with Gasteiger partial charge in [0.2, 0.25) is 11.7 Å². The van der Waals surface area contributed by atoms with E-state index in [4.69, 9.17) is 23.4 Å². The Labute approximate surface area is 218 Å². The number of nitrogens with zero attached hydrogens (tertiary/aromatic N) is 1. The van der Waals surface area contributed by atoms with Crippen LogP contribution >= 0.6 is 0 Å². The van der Waals surface area contributed by atoms with E-state index in [1.54, 1.807) is 44.4 Å². The van der Waals surface area contributed by atoms with E-state index >= 15 is 0 Å². The molecule has 0 fully saturated rings. The number of nitrogens with one attached hydrogen (secondary N) is 2. The van der Waals surface area contributed by atoms with Crippen LogP contribution in [0.5, 0.6) is 23.0 Å². The minimum Gasteiger partial charge on any atom is -0.507 e. The molecule has 0 saturated heterocycles. The maximum atomic E-state index is 13.3. The van der Waals surface area contributed by atoms with Crippen LogP contribution in [0.1, 0.15) is 35.1 Å². The van der Waals surface area contributed by atoms with E-state index in [9.17, 15) is 14.7 Å². The van der Waals surface area contributed by atoms with Gasteiger partial charge < -0.3 is 38.8 Å². The number of rotatable bonds is 10. The molecular weight excluding hydrogens is 494 g/mol. The summed E-state index contributed by atoms with van der Waals surface area (Å²) in [5.41, 5.74) is 1.56. The van der Waals surface area contributed by atoms with Crippen molar-refractivity contribution in [2.75, 3.05) is 33.8 Å². The number of amides is 1. The number of imidazole rings is 1. The second-order valence-electron chi connectivity index (χ2n) is 8.52. The summed E-state index contributed by atoms with van der Waals surface area (Å²) in [5, 5.41) is 13.6. The molecule has 0 bridgehead atoms. The van der Waals surface area contributed by atoms with Crippen molar-refractivity contribution in [3.8, 4) is 23.0 Å². The molecule has 200 valence electrons. The molecule has 11 nitrogen and oxygen atoms in total. The highest BCUT2D eigenvalue weighted by Crippen LogP contribution is 2.46. The van der Waals surface area contributed by atoms with Gasteiger partial charge in [-0.1, -0.05) is 6.07 Å². The number of hydrogen-bond acceptors (Lipinski definition) is 9. The first-order valence-electron chi connectivity index (χ1n) is 11.7. The molecule has 2 aromatic carbocycles. The first kappa shape index (κ1) is 26.6. The van der Waals surface area contributed by atoms with E-state index < -0.39 is 17.5 Å². The van der Waals surface area contributed by atoms with E-state index in [0.717, 1.165) is 11.0 Å². The highest BCUT2D eigenvalue weighted by atomic mass is 16.5. The lowest BCUT2D eigenvalue weighted by Crippen LogP contribution is -2.21. The van der Waals surface area contributed by atoms with Crippen molar-refractivity contribution in [2.24, 2.45) is 0 Å². The summed E-state index contributed by atoms with van der Waals surface area (Å²) in [6, 6.07) is 9.88. The van der Waals surface area contributed by atoms with Gasteiger partial charge in [0.1, 0.15) is 23.9 Å². The number of aromatic nitrogens is 2. The number of carbonyl (C=O) groups is 1. The van der Waals surface area contributed by atoms with E-state index in [-0.39, 0.29) is 35.0 Å². The normalized spacial score (nSPS) is 11.8. The third-order valence-corrected chi connectivity index (χ3v) is 6.03. The SMILES string of the molecule is COCc1nc2ccc(NC(=O)CC(c3ccc(OC)c(OC)c3OC)c3c(O)cc(C)oc3=O)cc2[nH]1. The predicted molar refractivity (Wildman–Crippen MR) is 139 cm³/mol. The quantitative estimate of drug-likeness (QED) is 0.282. The number of H-pyrrole nitrogens is 1. The first-order chi connectivity index (χ1) is 18.3. The van der Waals surface area contributed by atoms with Crippen molar-refractivity contribution in [1.82, 2.24) is 9.97 Å². The Morgan fingerprint density at radius 2 is 1.84 bits per heavy atom. The van der Waals surface area contributed by atoms with Crippen LogP contribution in [-0.4, -0.2) is 49.4 Å². The van der Waals surface area contributed by atoms with Crippen molar-refractivity contribution in [1.29, 1.82) is 0 Å². The number of aromatic amines is 1. The van der Waals surface area contributed by atoms with Crippen LogP contribution in [0.25, 0.3) is 11.0 Å². The summed E-state index contributed by atoms with van der Waals surface area (Å²) in [6.45, 7) is 1.88. The minimum absolute atomic E-state index is 0.0792. The minimum atomic E-state index is -0.939. The molecule has 38 heavy (non-hydrogen) atoms. The summed E-state index contributed by atoms with van der Waals surface area (Å²) in [4.78, 5) is 33.8. The van der Waals surface area contributed by atoms with Crippen LogP contribution in [0.2, 0.25) is 0 Å². The zero-order chi connectivity index (χ0) is 27.4. The van der Waals surface area contributed by atoms with E-state index in [1.165, 1.54) is 27.4 Å². The molecular formula is C27H29N3O8. The Balaban J connectivity index is 1.74. The van der Waals surface area contributed by atoms with Gasteiger partial charge in [-0.2, -0.15) is 0 Å². The van der Waals surface area contributed by atoms with Gasteiger partial charge in [0, 0.05) is 36.8 Å². The van der Waals surface area contributed by atoms with Gasteiger partial charge in [0.25, 0.3) is 0 Å². The Kier molecular flexibility index (Phi) is 7.87. The van der Waals surface area contributed by atoms with Crippen molar-refractivity contribution >= 4 is 22.6 Å². The number of ether oxygens (including phenoxy) is 4. The molecule has 1 amide bonds. The number of benzene rings is 2. The Morgan fingerprint density at radius 1 is 1.08 bits per heavy atom. The van der Waals surface area contributed by atoms with Crippen LogP contribution in [-0.2, 0) is 16.1 Å². The van der Waals surface area contributed by atoms with Crippen LogP contribution in [0.4, 0.5) is 5.69 Å². The Morgan fingerprint density at radius 3 is 2.50 bits per heavy atom. The third-order valence-electron chi connectivity index (χ3n) is 6.03. The number of anilines is 1. The Bertz CT molecular complexity index is 1530. The van der Waals surface area contributed by atoms with Crippen molar-refractivity contribution in [3.05, 3.63) is 69.5 Å². The average Bonchev–Trinajstić information content (AvgIpc) is 3.28. The highest BCUT2D eigenvalue weighted by molar-refractivity contribution is 5.94. The summed E-state index contributed by atoms with van der Waals surface area (Å²) in [5.74, 6) is 0.190. The largest absolute Gasteiger partial charge is 0.507 e. The second kappa shape index (κ2) is 11.3. The van der Waals surface area contributed by atoms with Crippen LogP contribution in [0, 0.1) is 6.92 Å². The van der Waals surface area contributed by atoms with Gasteiger partial charge in [0.05, 0.1) is 37.9 Å². The fraction of sp³-hybridized carbons (Fsp3) is 0.296. The first-order valence-corrected chi connectivity index (χ1v) is 11.7. The summed E-state index contributed by atoms with van der Waals surface area (Å²) >= 11 is 0. The van der Waals surface area contributed by atoms with Gasteiger partial charge in [-0.25, -0.2) is 9.78 Å². The zero-order valence-electron chi connectivity index (χ0n) is 21.7. The van der Waals surface area contributed by atoms with Gasteiger partial charge >= 0.3 is 5.63 Å². The molecule has 0 saturated carbocycles. The maximum absolute atomic E-state index is 13.3. The molecule has 2 aromatic heterocycles. The molecule has 4 aromatic rings. The summed E-state index contributed by atoms with van der Waals surface area (Å²) in [7, 11) is 5.95. The topological polar surface area (TPSA) is 145 Å². The van der Waals surface area contributed by atoms with Gasteiger partial charge in [0.15, 0.2) is 11.5 Å². The molecule has 0 aliphatic heterocycles. The number of fused-ring (bicyclic) bond motifs is 1. The highest BCUT2D eigenvalue weighted by Gasteiger charge is 2.30. The van der Waals surface area contributed by atoms with Crippen molar-refractivity contribution in [2.45, 2.75) is 25.9 Å². The molecule has 2 heterocycles. The number of aromatic hydroxyl groups is 1. The van der Waals surface area contributed by atoms with E-state index in [2.05, 4.69) is 15.3 Å². The number of methoxy groups -OCH3 is 4. The fourth-order valence-corrected chi connectivity index (χ4v) is 4.44. The standard InChI is InChI=1S/C27H29N3O8/c1-14-10-20(31)24(27(33)38-14)17(16-7-9-21(35-3)26(37-5)25(16)36-4)12-23(32)28-15-6-8-18-19(11-15)30-22(29-18)13-34-2/h6-11,17,31H,12-13H2,1-5H3,(H,28,32)(H,29,30). The van der Waals surface area contributed by atoms with Gasteiger partial charge in [-0.15, -0.1) is 0 Å². The predicted octanol–water partition coefficient (Wildman–Crippen LogP) is 3.86. The molecule has 11 heteroatoms.